The molecular weight excluding hydrogens is 602 g/mol. The number of nitrogens with one attached hydrogen (secondary N) is 4. The highest BCUT2D eigenvalue weighted by molar-refractivity contribution is 8.16. The average molecular weight is 642 g/mol. The maximum atomic E-state index is 13.9. The number of amidine groups is 1. The minimum atomic E-state index is -3.68. The molecule has 2 amide bonds. The highest BCUT2D eigenvalue weighted by atomic mass is 35.5. The van der Waals surface area contributed by atoms with Crippen LogP contribution in [-0.4, -0.2) is 98.4 Å². The number of nitrogens with zero attached hydrogens (tertiary/aromatic N) is 2. The van der Waals surface area contributed by atoms with Gasteiger partial charge in [0.15, 0.2) is 0 Å². The molecule has 0 saturated carbocycles. The number of nitrogens with two attached hydrogens (primary N) is 1. The number of carbonyl (C=O) groups excluding carboxylic acids is 2. The van der Waals surface area contributed by atoms with E-state index in [0.717, 1.165) is 37.8 Å². The number of thioether (sulfide) groups is 1. The Labute approximate surface area is 256 Å². The van der Waals surface area contributed by atoms with Crippen molar-refractivity contribution < 1.29 is 22.7 Å². The van der Waals surface area contributed by atoms with Gasteiger partial charge >= 0.3 is 0 Å². The van der Waals surface area contributed by atoms with Crippen LogP contribution in [0.25, 0.3) is 0 Å². The van der Waals surface area contributed by atoms with Gasteiger partial charge in [-0.15, -0.1) is 0 Å². The van der Waals surface area contributed by atoms with E-state index in [1.165, 1.54) is 16.7 Å². The van der Waals surface area contributed by atoms with Crippen LogP contribution >= 0.6 is 23.4 Å². The fraction of sp³-hybridized carbons (Fsp3) is 0.630. The van der Waals surface area contributed by atoms with Crippen LogP contribution < -0.4 is 21.1 Å². The Bertz CT molecular complexity index is 1260. The molecule has 1 unspecified atom stereocenters. The predicted octanol–water partition coefficient (Wildman–Crippen LogP) is 1.09. The van der Waals surface area contributed by atoms with E-state index in [4.69, 9.17) is 27.5 Å². The van der Waals surface area contributed by atoms with E-state index in [1.807, 2.05) is 12.1 Å². The first-order valence-corrected chi connectivity index (χ1v) is 17.3. The monoisotopic (exact) mass is 641 g/mol. The number of benzene rings is 1. The van der Waals surface area contributed by atoms with Gasteiger partial charge in [0.1, 0.15) is 23.0 Å². The molecule has 1 aromatic carbocycles. The molecule has 0 aliphatic carbocycles. The molecule has 0 aromatic heterocycles. The smallest absolute Gasteiger partial charge is 0.242 e. The summed E-state index contributed by atoms with van der Waals surface area (Å²) in [4.78, 5) is 33.1. The van der Waals surface area contributed by atoms with E-state index in [2.05, 4.69) is 20.3 Å². The number of hydrogen-bond donors (Lipinski definition) is 5. The molecule has 15 heteroatoms. The van der Waals surface area contributed by atoms with Crippen LogP contribution in [0.5, 0.6) is 0 Å². The number of aliphatic imine (C=N–C) groups is 1. The number of hydrogen-bond acceptors (Lipinski definition) is 9. The lowest BCUT2D eigenvalue weighted by Crippen LogP contribution is -2.54. The number of halogens is 1. The fourth-order valence-electron chi connectivity index (χ4n) is 5.47. The summed E-state index contributed by atoms with van der Waals surface area (Å²) in [5, 5.41) is 14.8. The molecule has 2 saturated heterocycles. The zero-order chi connectivity index (χ0) is 30.3. The Morgan fingerprint density at radius 2 is 2.00 bits per heavy atom. The lowest BCUT2D eigenvalue weighted by atomic mass is 9.91. The molecule has 3 aliphatic rings. The summed E-state index contributed by atoms with van der Waals surface area (Å²) in [5.74, 6) is -0.461. The summed E-state index contributed by atoms with van der Waals surface area (Å²) < 4.78 is 33.2. The zero-order valence-electron chi connectivity index (χ0n) is 23.7. The van der Waals surface area contributed by atoms with Crippen molar-refractivity contribution in [3.05, 3.63) is 34.9 Å². The molecule has 0 bridgehead atoms. The molecule has 4 rings (SSSR count). The number of rotatable bonds is 13. The van der Waals surface area contributed by atoms with Crippen molar-refractivity contribution in [3.8, 4) is 0 Å². The van der Waals surface area contributed by atoms with Gasteiger partial charge in [0.2, 0.25) is 21.8 Å². The van der Waals surface area contributed by atoms with E-state index >= 15 is 0 Å². The van der Waals surface area contributed by atoms with Gasteiger partial charge in [-0.2, -0.15) is 0 Å². The molecule has 0 spiro atoms. The molecule has 12 nitrogen and oxygen atoms in total. The Morgan fingerprint density at radius 3 is 2.64 bits per heavy atom. The number of carbonyl (C=O) groups is 2. The number of piperidine rings is 1. The first-order chi connectivity index (χ1) is 20.0. The summed E-state index contributed by atoms with van der Waals surface area (Å²) >= 11 is 7.33. The minimum Gasteiger partial charge on any atom is -0.382 e. The molecule has 6 N–H and O–H groups in total. The highest BCUT2D eigenvalue weighted by Crippen LogP contribution is 2.26. The third-order valence-corrected chi connectivity index (χ3v) is 9.86. The molecule has 4 atom stereocenters. The Hall–Kier alpha value is -2.23. The standard InChI is InChI=1S/C27H40ClN7O5S2/c1-42(38,39)34-22(7-4-17-8-10-31-11-9-17)27(37)35-15-20(40-16-18-2-5-19(28)6-3-18)12-23(35)25(36)32-13-21-14-33-26(41-21)24(29)30/h2-3,5-6,17,20-23,31,34H,4,7-16H2,1H3,(H3,29,30)(H,32,36)/t20-,21?,22-,23+/m1/s1. The summed E-state index contributed by atoms with van der Waals surface area (Å²) in [5.41, 5.74) is 6.44. The van der Waals surface area contributed by atoms with Crippen molar-refractivity contribution in [2.75, 3.05) is 39.0 Å². The third kappa shape index (κ3) is 9.64. The van der Waals surface area contributed by atoms with Gasteiger partial charge in [0, 0.05) is 29.8 Å². The normalized spacial score (nSPS) is 23.9. The van der Waals surface area contributed by atoms with Crippen LogP contribution in [0.15, 0.2) is 29.3 Å². The van der Waals surface area contributed by atoms with Gasteiger partial charge in [0.05, 0.1) is 25.5 Å². The van der Waals surface area contributed by atoms with Crippen LogP contribution in [0, 0.1) is 11.3 Å². The minimum absolute atomic E-state index is 0.0695. The average Bonchev–Trinajstić information content (AvgIpc) is 3.61. The quantitative estimate of drug-likeness (QED) is 0.157. The lowest BCUT2D eigenvalue weighted by molar-refractivity contribution is -0.140. The fourth-order valence-corrected chi connectivity index (χ4v) is 7.24. The Morgan fingerprint density at radius 1 is 1.29 bits per heavy atom. The van der Waals surface area contributed by atoms with Gasteiger partial charge in [-0.1, -0.05) is 35.5 Å². The topological polar surface area (TPSA) is 179 Å². The number of sulfonamides is 1. The van der Waals surface area contributed by atoms with E-state index in [-0.39, 0.29) is 36.6 Å². The summed E-state index contributed by atoms with van der Waals surface area (Å²) in [6, 6.07) is 5.45. The van der Waals surface area contributed by atoms with Gasteiger partial charge in [-0.3, -0.25) is 20.0 Å². The molecule has 232 valence electrons. The molecule has 3 aliphatic heterocycles. The van der Waals surface area contributed by atoms with Crippen LogP contribution in [-0.2, 0) is 31.0 Å². The highest BCUT2D eigenvalue weighted by Gasteiger charge is 2.43. The van der Waals surface area contributed by atoms with E-state index in [1.54, 1.807) is 12.1 Å². The summed E-state index contributed by atoms with van der Waals surface area (Å²) in [6.45, 7) is 2.97. The molecule has 3 heterocycles. The van der Waals surface area contributed by atoms with E-state index in [9.17, 15) is 18.0 Å². The van der Waals surface area contributed by atoms with Crippen molar-refractivity contribution in [1.29, 1.82) is 5.41 Å². The van der Waals surface area contributed by atoms with Gasteiger partial charge < -0.3 is 26.0 Å². The SMILES string of the molecule is CS(=O)(=O)N[C@H](CCC1CCNCC1)C(=O)N1C[C@H](OCc2ccc(Cl)cc2)C[C@H]1C(=O)NCC1CN=C(C(=N)N)S1. The summed E-state index contributed by atoms with van der Waals surface area (Å²) in [6.07, 6.45) is 3.91. The molecule has 2 fully saturated rings. The maximum absolute atomic E-state index is 13.9. The van der Waals surface area contributed by atoms with Crippen molar-refractivity contribution >= 4 is 56.1 Å². The van der Waals surface area contributed by atoms with Crippen molar-refractivity contribution in [2.24, 2.45) is 16.6 Å². The van der Waals surface area contributed by atoms with Crippen molar-refractivity contribution in [1.82, 2.24) is 20.3 Å². The maximum Gasteiger partial charge on any atom is 0.242 e. The van der Waals surface area contributed by atoms with Gasteiger partial charge in [0.25, 0.3) is 0 Å². The molecular formula is C27H40ClN7O5S2. The second kappa shape index (κ2) is 15.0. The first kappa shape index (κ1) is 32.7. The predicted molar refractivity (Wildman–Crippen MR) is 165 cm³/mol. The van der Waals surface area contributed by atoms with Crippen molar-refractivity contribution in [2.45, 2.75) is 62.1 Å². The second-order valence-electron chi connectivity index (χ2n) is 11.1. The Kier molecular flexibility index (Phi) is 11.7. The Balaban J connectivity index is 1.45. The van der Waals surface area contributed by atoms with Crippen LogP contribution in [0.2, 0.25) is 5.02 Å². The molecule has 0 radical (unpaired) electrons. The first-order valence-electron chi connectivity index (χ1n) is 14.2. The molecule has 42 heavy (non-hydrogen) atoms. The largest absolute Gasteiger partial charge is 0.382 e. The van der Waals surface area contributed by atoms with Crippen LogP contribution in [0.3, 0.4) is 0 Å². The van der Waals surface area contributed by atoms with Gasteiger partial charge in [-0.05, 0) is 62.4 Å². The summed E-state index contributed by atoms with van der Waals surface area (Å²) in [7, 11) is -3.68. The number of likely N-dealkylation sites (tertiary alicyclic amines) is 1. The van der Waals surface area contributed by atoms with E-state index in [0.29, 0.717) is 41.9 Å². The third-order valence-electron chi connectivity index (χ3n) is 7.68. The second-order valence-corrected chi connectivity index (χ2v) is 14.6. The van der Waals surface area contributed by atoms with Crippen molar-refractivity contribution in [3.63, 3.8) is 0 Å². The molecule has 1 aromatic rings. The number of amides is 2. The zero-order valence-corrected chi connectivity index (χ0v) is 26.1. The van der Waals surface area contributed by atoms with Gasteiger partial charge in [-0.25, -0.2) is 13.1 Å². The lowest BCUT2D eigenvalue weighted by Gasteiger charge is -2.30. The number of ether oxygens (including phenoxy) is 1. The van der Waals surface area contributed by atoms with Crippen LogP contribution in [0.1, 0.15) is 37.7 Å². The van der Waals surface area contributed by atoms with Crippen LogP contribution in [0.4, 0.5) is 0 Å². The van der Waals surface area contributed by atoms with E-state index < -0.39 is 34.1 Å².